The maximum atomic E-state index is 5.48. The van der Waals surface area contributed by atoms with Gasteiger partial charge in [0.25, 0.3) is 0 Å². The lowest BCUT2D eigenvalue weighted by atomic mass is 10.1. The van der Waals surface area contributed by atoms with E-state index in [9.17, 15) is 0 Å². The van der Waals surface area contributed by atoms with Crippen molar-refractivity contribution in [3.05, 3.63) is 89.5 Å². The number of rotatable bonds is 9. The van der Waals surface area contributed by atoms with Crippen molar-refractivity contribution in [3.8, 4) is 5.75 Å². The molecule has 0 amide bonds. The molecule has 0 bridgehead atoms. The molecule has 0 spiro atoms. The van der Waals surface area contributed by atoms with Gasteiger partial charge in [-0.3, -0.25) is 0 Å². The second kappa shape index (κ2) is 11.4. The van der Waals surface area contributed by atoms with Crippen molar-refractivity contribution < 1.29 is 4.74 Å². The van der Waals surface area contributed by atoms with Crippen LogP contribution in [0.15, 0.2) is 72.8 Å². The zero-order chi connectivity index (χ0) is 23.9. The Kier molecular flexibility index (Phi) is 8.09. The largest absolute Gasteiger partial charge is 0.497 e. The van der Waals surface area contributed by atoms with Gasteiger partial charge in [-0.25, -0.2) is 0 Å². The van der Waals surface area contributed by atoms with E-state index in [0.29, 0.717) is 0 Å². The molecule has 1 saturated heterocycles. The molecule has 4 rings (SSSR count). The molecule has 0 saturated carbocycles. The van der Waals surface area contributed by atoms with Crippen LogP contribution in [0.5, 0.6) is 5.75 Å². The molecule has 0 aliphatic carbocycles. The number of ether oxygens (including phenoxy) is 1. The molecule has 1 fully saturated rings. The summed E-state index contributed by atoms with van der Waals surface area (Å²) in [5.41, 5.74) is 6.47. The van der Waals surface area contributed by atoms with Gasteiger partial charge in [0.2, 0.25) is 0 Å². The molecule has 3 aromatic rings. The number of anilines is 2. The minimum atomic E-state index is 0.821. The number of nitrogens with zero attached hydrogens (tertiary/aromatic N) is 4. The number of hydrogen-bond donors (Lipinski definition) is 0. The summed E-state index contributed by atoms with van der Waals surface area (Å²) in [5.74, 6) is 0.899. The Hall–Kier alpha value is -3.02. The van der Waals surface area contributed by atoms with E-state index in [2.05, 4.69) is 107 Å². The van der Waals surface area contributed by atoms with Crippen LogP contribution in [0.2, 0.25) is 0 Å². The SMILES string of the molecule is COc1cccc(CN(Cc2cccc(N3CCN(C)CC3)c2)c2cccc(CN(C)C)c2)c1. The van der Waals surface area contributed by atoms with E-state index in [0.717, 1.165) is 51.6 Å². The quantitative estimate of drug-likeness (QED) is 0.462. The Bertz CT molecular complexity index is 1060. The molecule has 0 aromatic heterocycles. The van der Waals surface area contributed by atoms with E-state index >= 15 is 0 Å². The molecule has 3 aromatic carbocycles. The lowest BCUT2D eigenvalue weighted by molar-refractivity contribution is 0.313. The van der Waals surface area contributed by atoms with Crippen LogP contribution in [0.4, 0.5) is 11.4 Å². The number of likely N-dealkylation sites (N-methyl/N-ethyl adjacent to an activating group) is 1. The van der Waals surface area contributed by atoms with Gasteiger partial charge < -0.3 is 24.3 Å². The summed E-state index contributed by atoms with van der Waals surface area (Å²) in [4.78, 5) is 9.59. The summed E-state index contributed by atoms with van der Waals surface area (Å²) in [6.07, 6.45) is 0. The zero-order valence-electron chi connectivity index (χ0n) is 21.1. The van der Waals surface area contributed by atoms with E-state index in [1.54, 1.807) is 7.11 Å². The van der Waals surface area contributed by atoms with Crippen LogP contribution in [0, 0.1) is 0 Å². The summed E-state index contributed by atoms with van der Waals surface area (Å²) in [5, 5.41) is 0. The number of hydrogen-bond acceptors (Lipinski definition) is 5. The molecule has 1 heterocycles. The van der Waals surface area contributed by atoms with Gasteiger partial charge in [0.15, 0.2) is 0 Å². The van der Waals surface area contributed by atoms with E-state index in [1.165, 1.54) is 28.1 Å². The van der Waals surface area contributed by atoms with Crippen molar-refractivity contribution >= 4 is 11.4 Å². The molecule has 0 unspecified atom stereocenters. The van der Waals surface area contributed by atoms with Crippen molar-refractivity contribution in [2.75, 3.05) is 64.2 Å². The second-order valence-corrected chi connectivity index (χ2v) is 9.58. The third-order valence-electron chi connectivity index (χ3n) is 6.43. The fourth-order valence-corrected chi connectivity index (χ4v) is 4.58. The van der Waals surface area contributed by atoms with Crippen LogP contribution in [0.3, 0.4) is 0 Å². The Morgan fingerprint density at radius 1 is 0.735 bits per heavy atom. The lowest BCUT2D eigenvalue weighted by Crippen LogP contribution is -2.44. The molecule has 5 nitrogen and oxygen atoms in total. The van der Waals surface area contributed by atoms with Crippen LogP contribution in [0.1, 0.15) is 16.7 Å². The molecular weight excluding hydrogens is 420 g/mol. The highest BCUT2D eigenvalue weighted by Gasteiger charge is 2.16. The summed E-state index contributed by atoms with van der Waals surface area (Å²) < 4.78 is 5.48. The number of piperazine rings is 1. The average molecular weight is 459 g/mol. The van der Waals surface area contributed by atoms with Crippen LogP contribution in [-0.4, -0.2) is 64.2 Å². The van der Waals surface area contributed by atoms with E-state index in [4.69, 9.17) is 4.74 Å². The summed E-state index contributed by atoms with van der Waals surface area (Å²) >= 11 is 0. The van der Waals surface area contributed by atoms with Gasteiger partial charge in [-0.15, -0.1) is 0 Å². The third kappa shape index (κ3) is 6.52. The molecule has 0 N–H and O–H groups in total. The van der Waals surface area contributed by atoms with Gasteiger partial charge in [-0.2, -0.15) is 0 Å². The third-order valence-corrected chi connectivity index (χ3v) is 6.43. The first-order valence-electron chi connectivity index (χ1n) is 12.1. The van der Waals surface area contributed by atoms with Crippen LogP contribution >= 0.6 is 0 Å². The molecule has 0 atom stereocenters. The van der Waals surface area contributed by atoms with Gasteiger partial charge in [0.05, 0.1) is 7.11 Å². The van der Waals surface area contributed by atoms with Gasteiger partial charge in [-0.05, 0) is 74.2 Å². The predicted octanol–water partition coefficient (Wildman–Crippen LogP) is 4.72. The average Bonchev–Trinajstić information content (AvgIpc) is 2.84. The highest BCUT2D eigenvalue weighted by molar-refractivity contribution is 5.53. The lowest BCUT2D eigenvalue weighted by Gasteiger charge is -2.34. The number of methoxy groups -OCH3 is 1. The zero-order valence-corrected chi connectivity index (χ0v) is 21.1. The van der Waals surface area contributed by atoms with Gasteiger partial charge in [-0.1, -0.05) is 36.4 Å². The normalized spacial score (nSPS) is 14.4. The maximum absolute atomic E-state index is 5.48. The van der Waals surface area contributed by atoms with Crippen molar-refractivity contribution in [1.29, 1.82) is 0 Å². The summed E-state index contributed by atoms with van der Waals surface area (Å²) in [6, 6.07) is 26.4. The first kappa shape index (κ1) is 24.1. The highest BCUT2D eigenvalue weighted by atomic mass is 16.5. The van der Waals surface area contributed by atoms with E-state index in [-0.39, 0.29) is 0 Å². The van der Waals surface area contributed by atoms with Crippen molar-refractivity contribution in [2.45, 2.75) is 19.6 Å². The van der Waals surface area contributed by atoms with Crippen LogP contribution in [-0.2, 0) is 19.6 Å². The maximum Gasteiger partial charge on any atom is 0.119 e. The van der Waals surface area contributed by atoms with Gasteiger partial charge >= 0.3 is 0 Å². The molecule has 0 radical (unpaired) electrons. The van der Waals surface area contributed by atoms with Crippen molar-refractivity contribution in [2.24, 2.45) is 0 Å². The minimum Gasteiger partial charge on any atom is -0.497 e. The minimum absolute atomic E-state index is 0.821. The fourth-order valence-electron chi connectivity index (χ4n) is 4.58. The Labute approximate surface area is 205 Å². The second-order valence-electron chi connectivity index (χ2n) is 9.58. The van der Waals surface area contributed by atoms with E-state index < -0.39 is 0 Å². The first-order valence-corrected chi connectivity index (χ1v) is 12.1. The monoisotopic (exact) mass is 458 g/mol. The Morgan fingerprint density at radius 3 is 2.03 bits per heavy atom. The Balaban J connectivity index is 1.60. The standard InChI is InChI=1S/C29H38N4O/c1-30(2)21-24-8-5-12-28(18-24)33(23-26-10-7-13-29(20-26)34-4)22-25-9-6-11-27(19-25)32-16-14-31(3)15-17-32/h5-13,18-20H,14-17,21-23H2,1-4H3. The topological polar surface area (TPSA) is 22.2 Å². The molecule has 1 aliphatic heterocycles. The van der Waals surface area contributed by atoms with Crippen molar-refractivity contribution in [1.82, 2.24) is 9.80 Å². The van der Waals surface area contributed by atoms with Gasteiger partial charge in [0, 0.05) is 57.2 Å². The van der Waals surface area contributed by atoms with E-state index in [1.807, 2.05) is 6.07 Å². The number of benzene rings is 3. The molecular formula is C29H38N4O. The molecule has 1 aliphatic rings. The molecule has 34 heavy (non-hydrogen) atoms. The fraction of sp³-hybridized carbons (Fsp3) is 0.379. The first-order chi connectivity index (χ1) is 16.5. The highest BCUT2D eigenvalue weighted by Crippen LogP contribution is 2.25. The molecule has 5 heteroatoms. The Morgan fingerprint density at radius 2 is 1.35 bits per heavy atom. The van der Waals surface area contributed by atoms with Crippen molar-refractivity contribution in [3.63, 3.8) is 0 Å². The summed E-state index contributed by atoms with van der Waals surface area (Å²) in [7, 11) is 8.16. The van der Waals surface area contributed by atoms with Crippen LogP contribution in [0.25, 0.3) is 0 Å². The predicted molar refractivity (Wildman–Crippen MR) is 143 cm³/mol. The smallest absolute Gasteiger partial charge is 0.119 e. The van der Waals surface area contributed by atoms with Gasteiger partial charge in [0.1, 0.15) is 5.75 Å². The summed E-state index contributed by atoms with van der Waals surface area (Å²) in [6.45, 7) is 7.00. The molecule has 180 valence electrons. The van der Waals surface area contributed by atoms with Crippen LogP contribution < -0.4 is 14.5 Å².